The van der Waals surface area contributed by atoms with Gasteiger partial charge >= 0.3 is 5.97 Å². The molecule has 22 heavy (non-hydrogen) atoms. The maximum absolute atomic E-state index is 12.4. The standard InChI is InChI=1S/C13H18N2O5S2/c1-9(13(17)18)14-11(16)8-10-4-5-12(21-10)22(19,20)15-6-2-3-7-15/h4-5,9H,2-3,6-8H2,1H3,(H,14,16)(H,17,18). The minimum absolute atomic E-state index is 0.0300. The highest BCUT2D eigenvalue weighted by Gasteiger charge is 2.28. The van der Waals surface area contributed by atoms with Crippen molar-refractivity contribution in [1.82, 2.24) is 9.62 Å². The molecule has 0 aliphatic carbocycles. The zero-order chi connectivity index (χ0) is 16.3. The number of carboxylic acids is 1. The number of carbonyl (C=O) groups excluding carboxylic acids is 1. The summed E-state index contributed by atoms with van der Waals surface area (Å²) >= 11 is 1.05. The molecule has 2 rings (SSSR count). The molecule has 1 aliphatic rings. The van der Waals surface area contributed by atoms with Gasteiger partial charge in [0.15, 0.2) is 0 Å². The highest BCUT2D eigenvalue weighted by molar-refractivity contribution is 7.91. The molecule has 1 saturated heterocycles. The minimum atomic E-state index is -3.46. The van der Waals surface area contributed by atoms with Crippen molar-refractivity contribution in [3.63, 3.8) is 0 Å². The third kappa shape index (κ3) is 3.84. The number of carboxylic acid groups (broad SMARTS) is 1. The normalized spacial score (nSPS) is 17.3. The number of nitrogens with one attached hydrogen (secondary N) is 1. The first-order valence-corrected chi connectivity index (χ1v) is 9.17. The molecule has 122 valence electrons. The Labute approximate surface area is 133 Å². The van der Waals surface area contributed by atoms with E-state index in [1.54, 1.807) is 6.07 Å². The number of hydrogen-bond donors (Lipinski definition) is 2. The molecule has 1 fully saturated rings. The predicted octanol–water partition coefficient (Wildman–Crippen LogP) is 0.664. The highest BCUT2D eigenvalue weighted by atomic mass is 32.2. The van der Waals surface area contributed by atoms with Crippen molar-refractivity contribution in [2.75, 3.05) is 13.1 Å². The van der Waals surface area contributed by atoms with E-state index in [0.29, 0.717) is 18.0 Å². The number of aliphatic carboxylic acids is 1. The Balaban J connectivity index is 2.02. The van der Waals surface area contributed by atoms with E-state index in [0.717, 1.165) is 24.2 Å². The monoisotopic (exact) mass is 346 g/mol. The topological polar surface area (TPSA) is 104 Å². The summed E-state index contributed by atoms with van der Waals surface area (Å²) in [4.78, 5) is 23.0. The van der Waals surface area contributed by atoms with Gasteiger partial charge in [-0.25, -0.2) is 8.42 Å². The van der Waals surface area contributed by atoms with Gasteiger partial charge in [0.2, 0.25) is 5.91 Å². The molecule has 0 aromatic carbocycles. The van der Waals surface area contributed by atoms with Crippen LogP contribution in [0.4, 0.5) is 0 Å². The highest BCUT2D eigenvalue weighted by Crippen LogP contribution is 2.27. The van der Waals surface area contributed by atoms with E-state index in [4.69, 9.17) is 5.11 Å². The summed E-state index contributed by atoms with van der Waals surface area (Å²) in [5.74, 6) is -1.56. The summed E-state index contributed by atoms with van der Waals surface area (Å²) in [6, 6.07) is 2.13. The molecular formula is C13H18N2O5S2. The van der Waals surface area contributed by atoms with E-state index >= 15 is 0 Å². The molecule has 7 nitrogen and oxygen atoms in total. The Hall–Kier alpha value is -1.45. The SMILES string of the molecule is CC(NC(=O)Cc1ccc(S(=O)(=O)N2CCCC2)s1)C(=O)O. The molecule has 1 atom stereocenters. The van der Waals surface area contributed by atoms with E-state index in [-0.39, 0.29) is 10.6 Å². The molecule has 1 aromatic heterocycles. The third-order valence-electron chi connectivity index (χ3n) is 3.38. The summed E-state index contributed by atoms with van der Waals surface area (Å²) in [7, 11) is -3.46. The second-order valence-electron chi connectivity index (χ2n) is 5.14. The van der Waals surface area contributed by atoms with Crippen LogP contribution in [0.1, 0.15) is 24.6 Å². The molecule has 1 aromatic rings. The van der Waals surface area contributed by atoms with Crippen molar-refractivity contribution in [2.45, 2.75) is 36.4 Å². The lowest BCUT2D eigenvalue weighted by molar-refractivity contribution is -0.141. The Bertz CT molecular complexity index is 662. The van der Waals surface area contributed by atoms with Gasteiger partial charge < -0.3 is 10.4 Å². The fourth-order valence-electron chi connectivity index (χ4n) is 2.16. The first kappa shape index (κ1) is 16.9. The lowest BCUT2D eigenvalue weighted by Crippen LogP contribution is -2.39. The van der Waals surface area contributed by atoms with Crippen molar-refractivity contribution >= 4 is 33.2 Å². The summed E-state index contributed by atoms with van der Waals surface area (Å²) < 4.78 is 26.4. The van der Waals surface area contributed by atoms with E-state index in [1.807, 2.05) is 0 Å². The number of carbonyl (C=O) groups is 2. The van der Waals surface area contributed by atoms with Crippen molar-refractivity contribution in [3.05, 3.63) is 17.0 Å². The minimum Gasteiger partial charge on any atom is -0.480 e. The molecule has 1 amide bonds. The Kier molecular flexibility index (Phi) is 5.20. The summed E-state index contributed by atoms with van der Waals surface area (Å²) in [6.45, 7) is 2.44. The molecule has 0 saturated carbocycles. The number of amides is 1. The zero-order valence-corrected chi connectivity index (χ0v) is 13.7. The van der Waals surface area contributed by atoms with Gasteiger partial charge in [-0.3, -0.25) is 9.59 Å². The van der Waals surface area contributed by atoms with Crippen molar-refractivity contribution in [1.29, 1.82) is 0 Å². The maximum atomic E-state index is 12.4. The molecule has 9 heteroatoms. The first-order chi connectivity index (χ1) is 10.3. The Morgan fingerprint density at radius 1 is 1.36 bits per heavy atom. The Morgan fingerprint density at radius 2 is 2.00 bits per heavy atom. The van der Waals surface area contributed by atoms with Gasteiger partial charge in [0.05, 0.1) is 6.42 Å². The molecule has 2 N–H and O–H groups in total. The van der Waals surface area contributed by atoms with Crippen LogP contribution in [0, 0.1) is 0 Å². The number of nitrogens with zero attached hydrogens (tertiary/aromatic N) is 1. The maximum Gasteiger partial charge on any atom is 0.325 e. The van der Waals surface area contributed by atoms with Gasteiger partial charge in [-0.1, -0.05) is 0 Å². The number of thiophene rings is 1. The molecular weight excluding hydrogens is 328 g/mol. The van der Waals surface area contributed by atoms with Crippen LogP contribution in [0.5, 0.6) is 0 Å². The molecule has 1 unspecified atom stereocenters. The number of hydrogen-bond acceptors (Lipinski definition) is 5. The smallest absolute Gasteiger partial charge is 0.325 e. The average Bonchev–Trinajstić information content (AvgIpc) is 3.09. The largest absolute Gasteiger partial charge is 0.480 e. The van der Waals surface area contributed by atoms with Crippen LogP contribution < -0.4 is 5.32 Å². The van der Waals surface area contributed by atoms with Gasteiger partial charge in [0.25, 0.3) is 10.0 Å². The van der Waals surface area contributed by atoms with E-state index < -0.39 is 27.9 Å². The second kappa shape index (κ2) is 6.76. The Morgan fingerprint density at radius 3 is 2.59 bits per heavy atom. The zero-order valence-electron chi connectivity index (χ0n) is 12.1. The van der Waals surface area contributed by atoms with Crippen LogP contribution in [0.15, 0.2) is 16.3 Å². The van der Waals surface area contributed by atoms with Crippen molar-refractivity contribution < 1.29 is 23.1 Å². The number of sulfonamides is 1. The van der Waals surface area contributed by atoms with Crippen LogP contribution >= 0.6 is 11.3 Å². The van der Waals surface area contributed by atoms with Crippen LogP contribution in [0.3, 0.4) is 0 Å². The molecule has 1 aliphatic heterocycles. The van der Waals surface area contributed by atoms with Crippen molar-refractivity contribution in [2.24, 2.45) is 0 Å². The summed E-state index contributed by atoms with van der Waals surface area (Å²) in [5.41, 5.74) is 0. The molecule has 0 spiro atoms. The molecule has 0 bridgehead atoms. The summed E-state index contributed by atoms with van der Waals surface area (Å²) in [6.07, 6.45) is 1.71. The van der Waals surface area contributed by atoms with Gasteiger partial charge in [-0.2, -0.15) is 4.31 Å². The van der Waals surface area contributed by atoms with Gasteiger partial charge in [-0.05, 0) is 31.9 Å². The van der Waals surface area contributed by atoms with Crippen LogP contribution in [-0.4, -0.2) is 48.8 Å². The predicted molar refractivity (Wildman–Crippen MR) is 81.3 cm³/mol. The van der Waals surface area contributed by atoms with Crippen LogP contribution in [0.25, 0.3) is 0 Å². The first-order valence-electron chi connectivity index (χ1n) is 6.92. The molecule has 0 radical (unpaired) electrons. The third-order valence-corrected chi connectivity index (χ3v) is 6.83. The molecule has 2 heterocycles. The van der Waals surface area contributed by atoms with Crippen molar-refractivity contribution in [3.8, 4) is 0 Å². The van der Waals surface area contributed by atoms with E-state index in [9.17, 15) is 18.0 Å². The van der Waals surface area contributed by atoms with Crippen LogP contribution in [0.2, 0.25) is 0 Å². The number of rotatable bonds is 6. The fraction of sp³-hybridized carbons (Fsp3) is 0.538. The summed E-state index contributed by atoms with van der Waals surface area (Å²) in [5, 5.41) is 11.1. The average molecular weight is 346 g/mol. The fourth-order valence-corrected chi connectivity index (χ4v) is 5.19. The van der Waals surface area contributed by atoms with Gasteiger partial charge in [0.1, 0.15) is 10.3 Å². The van der Waals surface area contributed by atoms with Crippen LogP contribution in [-0.2, 0) is 26.0 Å². The van der Waals surface area contributed by atoms with E-state index in [2.05, 4.69) is 5.32 Å². The van der Waals surface area contributed by atoms with Gasteiger partial charge in [-0.15, -0.1) is 11.3 Å². The van der Waals surface area contributed by atoms with E-state index in [1.165, 1.54) is 17.3 Å². The second-order valence-corrected chi connectivity index (χ2v) is 8.47. The lowest BCUT2D eigenvalue weighted by atomic mass is 10.3. The quantitative estimate of drug-likeness (QED) is 0.788. The lowest BCUT2D eigenvalue weighted by Gasteiger charge is -2.13. The van der Waals surface area contributed by atoms with Gasteiger partial charge in [0, 0.05) is 18.0 Å².